The minimum absolute atomic E-state index is 0.586. The molecular formula is C50H28N4O. The van der Waals surface area contributed by atoms with Crippen LogP contribution < -0.4 is 0 Å². The van der Waals surface area contributed by atoms with Gasteiger partial charge in [-0.3, -0.25) is 0 Å². The highest BCUT2D eigenvalue weighted by Crippen LogP contribution is 2.41. The van der Waals surface area contributed by atoms with Crippen LogP contribution in [0.5, 0.6) is 0 Å². The lowest BCUT2D eigenvalue weighted by molar-refractivity contribution is 0.669. The van der Waals surface area contributed by atoms with Crippen molar-refractivity contribution in [3.8, 4) is 45.8 Å². The first kappa shape index (κ1) is 30.7. The summed E-state index contributed by atoms with van der Waals surface area (Å²) < 4.78 is 10.9. The fraction of sp³-hybridized carbons (Fsp3) is 0. The number of nitriles is 2. The first-order chi connectivity index (χ1) is 27.2. The van der Waals surface area contributed by atoms with E-state index >= 15 is 0 Å². The number of nitrogens with zero attached hydrogens (tertiary/aromatic N) is 4. The second-order valence-corrected chi connectivity index (χ2v) is 14.0. The molecule has 0 saturated carbocycles. The molecule has 254 valence electrons. The molecule has 55 heavy (non-hydrogen) atoms. The third-order valence-electron chi connectivity index (χ3n) is 11.0. The molecule has 0 aliphatic heterocycles. The van der Waals surface area contributed by atoms with Crippen LogP contribution in [0.2, 0.25) is 0 Å². The molecule has 8 aromatic carbocycles. The zero-order chi connectivity index (χ0) is 36.6. The van der Waals surface area contributed by atoms with Crippen molar-refractivity contribution in [1.29, 1.82) is 10.5 Å². The summed E-state index contributed by atoms with van der Waals surface area (Å²) in [5.41, 5.74) is 13.7. The molecule has 0 radical (unpaired) electrons. The van der Waals surface area contributed by atoms with Crippen molar-refractivity contribution in [2.24, 2.45) is 0 Å². The SMILES string of the molecule is N#Cc1ccc2c(c1)c1cc(C#N)ccc1n2-c1cccc(-c2ccccc2-c2cccc(-n3c4ccccc4c4cc5oc6ccccc6c5cc43)c2)c1. The number of aromatic nitrogens is 2. The van der Waals surface area contributed by atoms with Crippen LogP contribution in [0.25, 0.3) is 99.2 Å². The summed E-state index contributed by atoms with van der Waals surface area (Å²) in [7, 11) is 0. The van der Waals surface area contributed by atoms with Gasteiger partial charge in [-0.25, -0.2) is 0 Å². The average molecular weight is 701 g/mol. The van der Waals surface area contributed by atoms with E-state index in [1.54, 1.807) is 0 Å². The minimum Gasteiger partial charge on any atom is -0.456 e. The molecule has 5 heteroatoms. The summed E-state index contributed by atoms with van der Waals surface area (Å²) in [5.74, 6) is 0. The predicted octanol–water partition coefficient (Wildman–Crippen LogP) is 12.9. The Labute approximate surface area is 315 Å². The van der Waals surface area contributed by atoms with Gasteiger partial charge in [0.15, 0.2) is 0 Å². The summed E-state index contributed by atoms with van der Waals surface area (Å²) in [4.78, 5) is 0. The maximum Gasteiger partial charge on any atom is 0.136 e. The summed E-state index contributed by atoms with van der Waals surface area (Å²) in [6.07, 6.45) is 0. The van der Waals surface area contributed by atoms with Crippen molar-refractivity contribution in [3.63, 3.8) is 0 Å². The van der Waals surface area contributed by atoms with E-state index in [9.17, 15) is 10.5 Å². The van der Waals surface area contributed by atoms with E-state index in [2.05, 4.69) is 143 Å². The molecule has 0 unspecified atom stereocenters. The topological polar surface area (TPSA) is 70.6 Å². The van der Waals surface area contributed by atoms with Gasteiger partial charge in [-0.05, 0) is 107 Å². The van der Waals surface area contributed by atoms with Crippen LogP contribution in [0.3, 0.4) is 0 Å². The van der Waals surface area contributed by atoms with E-state index in [1.165, 1.54) is 5.39 Å². The van der Waals surface area contributed by atoms with Crippen LogP contribution in [0, 0.1) is 22.7 Å². The van der Waals surface area contributed by atoms with Crippen LogP contribution in [-0.4, -0.2) is 9.13 Å². The molecule has 0 N–H and O–H groups in total. The predicted molar refractivity (Wildman–Crippen MR) is 223 cm³/mol. The Kier molecular flexibility index (Phi) is 6.61. The van der Waals surface area contributed by atoms with Crippen molar-refractivity contribution < 1.29 is 4.42 Å². The molecule has 0 atom stereocenters. The van der Waals surface area contributed by atoms with Gasteiger partial charge in [0, 0.05) is 43.7 Å². The lowest BCUT2D eigenvalue weighted by Gasteiger charge is -2.15. The van der Waals surface area contributed by atoms with E-state index in [0.29, 0.717) is 11.1 Å². The summed E-state index contributed by atoms with van der Waals surface area (Å²) in [6.45, 7) is 0. The number of para-hydroxylation sites is 2. The van der Waals surface area contributed by atoms with Gasteiger partial charge in [0.05, 0.1) is 45.3 Å². The Morgan fingerprint density at radius 1 is 0.364 bits per heavy atom. The third-order valence-corrected chi connectivity index (χ3v) is 11.0. The highest BCUT2D eigenvalue weighted by Gasteiger charge is 2.18. The van der Waals surface area contributed by atoms with Gasteiger partial charge in [0.2, 0.25) is 0 Å². The highest BCUT2D eigenvalue weighted by molar-refractivity contribution is 6.17. The quantitative estimate of drug-likeness (QED) is 0.183. The molecule has 11 rings (SSSR count). The molecule has 0 bridgehead atoms. The Morgan fingerprint density at radius 3 is 1.53 bits per heavy atom. The number of furan rings is 1. The number of fused-ring (bicyclic) bond motifs is 9. The monoisotopic (exact) mass is 700 g/mol. The Hall–Kier alpha value is -7.86. The molecule has 0 saturated heterocycles. The molecule has 3 heterocycles. The van der Waals surface area contributed by atoms with E-state index in [0.717, 1.165) is 93.8 Å². The standard InChI is InChI=1S/C50H28N4O/c51-29-31-19-21-46-41(23-31)42-24-32(30-52)20-22-47(42)53(46)35-11-7-9-33(25-35)37-13-1-2-14-38(37)34-10-8-12-36(26-34)54-45-17-5-3-15-39(45)43-28-50-44(27-48(43)54)40-16-4-6-18-49(40)55-50/h1-28H. The Morgan fingerprint density at radius 2 is 0.891 bits per heavy atom. The van der Waals surface area contributed by atoms with Gasteiger partial charge < -0.3 is 13.6 Å². The van der Waals surface area contributed by atoms with Crippen LogP contribution in [-0.2, 0) is 0 Å². The first-order valence-electron chi connectivity index (χ1n) is 18.2. The van der Waals surface area contributed by atoms with E-state index in [4.69, 9.17) is 4.42 Å². The van der Waals surface area contributed by atoms with Crippen molar-refractivity contribution in [1.82, 2.24) is 9.13 Å². The van der Waals surface area contributed by atoms with Gasteiger partial charge in [0.25, 0.3) is 0 Å². The number of benzene rings is 8. The number of hydrogen-bond acceptors (Lipinski definition) is 3. The van der Waals surface area contributed by atoms with Crippen molar-refractivity contribution >= 4 is 65.6 Å². The van der Waals surface area contributed by atoms with Crippen LogP contribution in [0.1, 0.15) is 11.1 Å². The second-order valence-electron chi connectivity index (χ2n) is 14.0. The molecule has 3 aromatic heterocycles. The maximum absolute atomic E-state index is 9.69. The zero-order valence-electron chi connectivity index (χ0n) is 29.4. The summed E-state index contributed by atoms with van der Waals surface area (Å²) in [6, 6.07) is 63.4. The summed E-state index contributed by atoms with van der Waals surface area (Å²) >= 11 is 0. The highest BCUT2D eigenvalue weighted by atomic mass is 16.3. The van der Waals surface area contributed by atoms with Crippen molar-refractivity contribution in [3.05, 3.63) is 181 Å². The summed E-state index contributed by atoms with van der Waals surface area (Å²) in [5, 5.41) is 25.8. The molecule has 0 aliphatic rings. The van der Waals surface area contributed by atoms with Gasteiger partial charge in [0.1, 0.15) is 11.2 Å². The van der Waals surface area contributed by atoms with Gasteiger partial charge in [-0.1, -0.05) is 84.9 Å². The molecule has 0 aliphatic carbocycles. The lowest BCUT2D eigenvalue weighted by atomic mass is 9.94. The molecule has 5 nitrogen and oxygen atoms in total. The number of rotatable bonds is 4. The van der Waals surface area contributed by atoms with Gasteiger partial charge in [-0.15, -0.1) is 0 Å². The molecule has 0 spiro atoms. The van der Waals surface area contributed by atoms with Crippen molar-refractivity contribution in [2.45, 2.75) is 0 Å². The smallest absolute Gasteiger partial charge is 0.136 e. The van der Waals surface area contributed by atoms with Gasteiger partial charge in [-0.2, -0.15) is 10.5 Å². The Balaban J connectivity index is 1.08. The van der Waals surface area contributed by atoms with Crippen LogP contribution in [0.15, 0.2) is 174 Å². The first-order valence-corrected chi connectivity index (χ1v) is 18.2. The average Bonchev–Trinajstić information content (AvgIpc) is 3.89. The normalized spacial score (nSPS) is 11.6. The molecule has 0 amide bonds. The molecule has 11 aromatic rings. The van der Waals surface area contributed by atoms with Crippen LogP contribution >= 0.6 is 0 Å². The molecule has 0 fully saturated rings. The molecular weight excluding hydrogens is 673 g/mol. The van der Waals surface area contributed by atoms with E-state index in [-0.39, 0.29) is 0 Å². The second kappa shape index (κ2) is 11.8. The lowest BCUT2D eigenvalue weighted by Crippen LogP contribution is -1.96. The van der Waals surface area contributed by atoms with E-state index in [1.807, 2.05) is 48.5 Å². The Bertz CT molecular complexity index is 3400. The van der Waals surface area contributed by atoms with Crippen LogP contribution in [0.4, 0.5) is 0 Å². The fourth-order valence-electron chi connectivity index (χ4n) is 8.52. The maximum atomic E-state index is 9.69. The zero-order valence-corrected chi connectivity index (χ0v) is 29.4. The van der Waals surface area contributed by atoms with Gasteiger partial charge >= 0.3 is 0 Å². The third kappa shape index (κ3) is 4.64. The minimum atomic E-state index is 0.586. The van der Waals surface area contributed by atoms with Crippen molar-refractivity contribution in [2.75, 3.05) is 0 Å². The largest absolute Gasteiger partial charge is 0.456 e. The number of hydrogen-bond donors (Lipinski definition) is 0. The van der Waals surface area contributed by atoms with E-state index < -0.39 is 0 Å². The fourth-order valence-corrected chi connectivity index (χ4v) is 8.52.